The summed E-state index contributed by atoms with van der Waals surface area (Å²) >= 11 is 0. The molecular formula is C11H12N2O. The van der Waals surface area contributed by atoms with E-state index in [1.165, 1.54) is 0 Å². The molecule has 0 aliphatic rings. The van der Waals surface area contributed by atoms with Crippen molar-refractivity contribution >= 4 is 5.91 Å². The van der Waals surface area contributed by atoms with Gasteiger partial charge in [0.1, 0.15) is 0 Å². The molecule has 0 bridgehead atoms. The first-order valence-corrected chi connectivity index (χ1v) is 4.33. The van der Waals surface area contributed by atoms with Crippen LogP contribution in [-0.4, -0.2) is 19.0 Å². The van der Waals surface area contributed by atoms with Crippen molar-refractivity contribution in [2.75, 3.05) is 13.1 Å². The van der Waals surface area contributed by atoms with E-state index in [1.807, 2.05) is 30.3 Å². The third-order valence-corrected chi connectivity index (χ3v) is 1.57. The average molecular weight is 188 g/mol. The van der Waals surface area contributed by atoms with Crippen molar-refractivity contribution in [3.63, 3.8) is 0 Å². The van der Waals surface area contributed by atoms with Crippen LogP contribution in [0.5, 0.6) is 0 Å². The summed E-state index contributed by atoms with van der Waals surface area (Å²) < 4.78 is 0. The molecular weight excluding hydrogens is 176 g/mol. The second-order valence-corrected chi connectivity index (χ2v) is 2.65. The first-order chi connectivity index (χ1) is 6.83. The Balaban J connectivity index is 2.38. The fraction of sp³-hybridized carbons (Fsp3) is 0.182. The van der Waals surface area contributed by atoms with Gasteiger partial charge in [-0.15, -0.1) is 0 Å². The summed E-state index contributed by atoms with van der Waals surface area (Å²) in [5.41, 5.74) is 6.04. The molecule has 72 valence electrons. The molecule has 1 aromatic carbocycles. The van der Waals surface area contributed by atoms with E-state index in [0.29, 0.717) is 6.54 Å². The minimum atomic E-state index is -0.188. The van der Waals surface area contributed by atoms with Gasteiger partial charge < -0.3 is 11.1 Å². The maximum atomic E-state index is 10.7. The summed E-state index contributed by atoms with van der Waals surface area (Å²) in [5, 5.41) is 2.57. The molecule has 14 heavy (non-hydrogen) atoms. The zero-order chi connectivity index (χ0) is 10.2. The summed E-state index contributed by atoms with van der Waals surface area (Å²) in [7, 11) is 0. The van der Waals surface area contributed by atoms with Gasteiger partial charge in [-0.25, -0.2) is 0 Å². The van der Waals surface area contributed by atoms with E-state index in [-0.39, 0.29) is 12.5 Å². The van der Waals surface area contributed by atoms with Gasteiger partial charge in [0, 0.05) is 5.56 Å². The lowest BCUT2D eigenvalue weighted by Gasteiger charge is -1.94. The molecule has 1 amide bonds. The Labute approximate surface area is 83.3 Å². The van der Waals surface area contributed by atoms with Gasteiger partial charge in [0.05, 0.1) is 13.1 Å². The Bertz CT molecular complexity index is 349. The van der Waals surface area contributed by atoms with E-state index in [0.717, 1.165) is 5.56 Å². The summed E-state index contributed by atoms with van der Waals surface area (Å²) in [6, 6.07) is 9.60. The third-order valence-electron chi connectivity index (χ3n) is 1.57. The van der Waals surface area contributed by atoms with Crippen LogP contribution in [0.15, 0.2) is 30.3 Å². The van der Waals surface area contributed by atoms with Crippen LogP contribution in [0, 0.1) is 11.8 Å². The quantitative estimate of drug-likeness (QED) is 0.647. The Morgan fingerprint density at radius 1 is 1.36 bits per heavy atom. The molecule has 1 rings (SSSR count). The van der Waals surface area contributed by atoms with Gasteiger partial charge in [-0.05, 0) is 12.1 Å². The number of carbonyl (C=O) groups is 1. The number of amides is 1. The van der Waals surface area contributed by atoms with E-state index in [9.17, 15) is 4.79 Å². The Morgan fingerprint density at radius 2 is 2.07 bits per heavy atom. The van der Waals surface area contributed by atoms with Crippen LogP contribution in [0.2, 0.25) is 0 Å². The normalized spacial score (nSPS) is 8.64. The highest BCUT2D eigenvalue weighted by Crippen LogP contribution is 1.93. The third kappa shape index (κ3) is 3.74. The van der Waals surface area contributed by atoms with Gasteiger partial charge in [-0.1, -0.05) is 30.0 Å². The Hall–Kier alpha value is -1.79. The van der Waals surface area contributed by atoms with Crippen LogP contribution >= 0.6 is 0 Å². The number of benzene rings is 1. The van der Waals surface area contributed by atoms with E-state index >= 15 is 0 Å². The SMILES string of the molecule is NCC(=O)NCC#Cc1ccccc1. The topological polar surface area (TPSA) is 55.1 Å². The Kier molecular flexibility index (Phi) is 4.25. The summed E-state index contributed by atoms with van der Waals surface area (Å²) in [4.78, 5) is 10.7. The van der Waals surface area contributed by atoms with E-state index < -0.39 is 0 Å². The smallest absolute Gasteiger partial charge is 0.234 e. The molecule has 0 radical (unpaired) electrons. The van der Waals surface area contributed by atoms with Gasteiger partial charge in [-0.3, -0.25) is 4.79 Å². The molecule has 3 heteroatoms. The molecule has 0 aliphatic carbocycles. The van der Waals surface area contributed by atoms with Crippen molar-refractivity contribution in [3.8, 4) is 11.8 Å². The zero-order valence-electron chi connectivity index (χ0n) is 7.79. The average Bonchev–Trinajstić information content (AvgIpc) is 2.25. The summed E-state index contributed by atoms with van der Waals surface area (Å²) in [5.74, 6) is 5.56. The summed E-state index contributed by atoms with van der Waals surface area (Å²) in [6.45, 7) is 0.345. The Morgan fingerprint density at radius 3 is 2.71 bits per heavy atom. The molecule has 3 N–H and O–H groups in total. The molecule has 0 aliphatic heterocycles. The molecule has 1 aromatic rings. The molecule has 0 fully saturated rings. The second-order valence-electron chi connectivity index (χ2n) is 2.65. The predicted octanol–water partition coefficient (Wildman–Crippen LogP) is 0.113. The minimum absolute atomic E-state index is 0.00696. The second kappa shape index (κ2) is 5.79. The molecule has 0 spiro atoms. The fourth-order valence-electron chi connectivity index (χ4n) is 0.883. The lowest BCUT2D eigenvalue weighted by atomic mass is 10.2. The van der Waals surface area contributed by atoms with Gasteiger partial charge >= 0.3 is 0 Å². The van der Waals surface area contributed by atoms with Crippen molar-refractivity contribution < 1.29 is 4.79 Å². The van der Waals surface area contributed by atoms with Crippen molar-refractivity contribution in [2.24, 2.45) is 5.73 Å². The lowest BCUT2D eigenvalue weighted by molar-refractivity contribution is -0.119. The predicted molar refractivity (Wildman–Crippen MR) is 55.4 cm³/mol. The first-order valence-electron chi connectivity index (χ1n) is 4.33. The van der Waals surface area contributed by atoms with Crippen LogP contribution in [0.4, 0.5) is 0 Å². The van der Waals surface area contributed by atoms with Crippen LogP contribution in [-0.2, 0) is 4.79 Å². The van der Waals surface area contributed by atoms with Crippen molar-refractivity contribution in [3.05, 3.63) is 35.9 Å². The molecule has 0 atom stereocenters. The van der Waals surface area contributed by atoms with Crippen LogP contribution in [0.1, 0.15) is 5.56 Å². The van der Waals surface area contributed by atoms with Gasteiger partial charge in [0.25, 0.3) is 0 Å². The summed E-state index contributed by atoms with van der Waals surface area (Å²) in [6.07, 6.45) is 0. The van der Waals surface area contributed by atoms with E-state index in [4.69, 9.17) is 5.73 Å². The molecule has 0 saturated heterocycles. The molecule has 0 saturated carbocycles. The number of nitrogens with two attached hydrogens (primary N) is 1. The highest BCUT2D eigenvalue weighted by molar-refractivity contribution is 5.77. The van der Waals surface area contributed by atoms with Crippen LogP contribution in [0.25, 0.3) is 0 Å². The molecule has 0 unspecified atom stereocenters. The number of hydrogen-bond acceptors (Lipinski definition) is 2. The number of hydrogen-bond donors (Lipinski definition) is 2. The molecule has 0 aromatic heterocycles. The standard InChI is InChI=1S/C11H12N2O/c12-9-11(14)13-8-4-7-10-5-2-1-3-6-10/h1-3,5-6H,8-9,12H2,(H,13,14). The number of nitrogens with one attached hydrogen (secondary N) is 1. The largest absolute Gasteiger partial charge is 0.344 e. The van der Waals surface area contributed by atoms with Gasteiger partial charge in [-0.2, -0.15) is 0 Å². The van der Waals surface area contributed by atoms with Crippen molar-refractivity contribution in [2.45, 2.75) is 0 Å². The molecule has 3 nitrogen and oxygen atoms in total. The monoisotopic (exact) mass is 188 g/mol. The van der Waals surface area contributed by atoms with Crippen LogP contribution < -0.4 is 11.1 Å². The highest BCUT2D eigenvalue weighted by Gasteiger charge is 1.91. The number of rotatable bonds is 2. The minimum Gasteiger partial charge on any atom is -0.344 e. The molecule has 0 heterocycles. The maximum absolute atomic E-state index is 10.7. The number of carbonyl (C=O) groups excluding carboxylic acids is 1. The highest BCUT2D eigenvalue weighted by atomic mass is 16.1. The van der Waals surface area contributed by atoms with Gasteiger partial charge in [0.15, 0.2) is 0 Å². The van der Waals surface area contributed by atoms with Crippen molar-refractivity contribution in [1.82, 2.24) is 5.32 Å². The van der Waals surface area contributed by atoms with E-state index in [1.54, 1.807) is 0 Å². The first kappa shape index (κ1) is 10.3. The van der Waals surface area contributed by atoms with Crippen molar-refractivity contribution in [1.29, 1.82) is 0 Å². The van der Waals surface area contributed by atoms with E-state index in [2.05, 4.69) is 17.2 Å². The lowest BCUT2D eigenvalue weighted by Crippen LogP contribution is -2.30. The van der Waals surface area contributed by atoms with Crippen LogP contribution in [0.3, 0.4) is 0 Å². The van der Waals surface area contributed by atoms with Gasteiger partial charge in [0.2, 0.25) is 5.91 Å². The maximum Gasteiger partial charge on any atom is 0.234 e. The fourth-order valence-corrected chi connectivity index (χ4v) is 0.883. The zero-order valence-corrected chi connectivity index (χ0v) is 7.79.